The number of sulfonamides is 1. The number of halogens is 2. The Hall–Kier alpha value is -1.45. The molecule has 6 nitrogen and oxygen atoms in total. The predicted octanol–water partition coefficient (Wildman–Crippen LogP) is 1.71. The van der Waals surface area contributed by atoms with Crippen LogP contribution in [-0.2, 0) is 10.0 Å². The molecule has 1 heterocycles. The van der Waals surface area contributed by atoms with Crippen LogP contribution < -0.4 is 10.5 Å². The zero-order chi connectivity index (χ0) is 13.3. The Bertz CT molecular complexity index is 675. The Morgan fingerprint density at radius 3 is 2.78 bits per heavy atom. The van der Waals surface area contributed by atoms with Crippen LogP contribution in [0.4, 0.5) is 15.2 Å². The van der Waals surface area contributed by atoms with Gasteiger partial charge < -0.3 is 5.73 Å². The number of nitrogens with one attached hydrogen (secondary N) is 1. The summed E-state index contributed by atoms with van der Waals surface area (Å²) in [5.41, 5.74) is 6.30. The van der Waals surface area contributed by atoms with Gasteiger partial charge in [-0.1, -0.05) is 22.9 Å². The zero-order valence-electron chi connectivity index (χ0n) is 8.59. The molecular formula is C8H6ClFN4O2S2. The Labute approximate surface area is 111 Å². The van der Waals surface area contributed by atoms with E-state index >= 15 is 0 Å². The fourth-order valence-electron chi connectivity index (χ4n) is 1.17. The molecule has 10 heteroatoms. The van der Waals surface area contributed by atoms with E-state index in [4.69, 9.17) is 17.3 Å². The van der Waals surface area contributed by atoms with Gasteiger partial charge in [0.25, 0.3) is 10.0 Å². The number of nitrogens with two attached hydrogens (primary N) is 1. The summed E-state index contributed by atoms with van der Waals surface area (Å²) in [5, 5.41) is 6.99. The van der Waals surface area contributed by atoms with Crippen LogP contribution in [-0.4, -0.2) is 18.6 Å². The van der Waals surface area contributed by atoms with Crippen LogP contribution in [0.25, 0.3) is 0 Å². The number of benzene rings is 1. The van der Waals surface area contributed by atoms with E-state index in [-0.39, 0.29) is 15.8 Å². The normalized spacial score (nSPS) is 11.4. The van der Waals surface area contributed by atoms with Gasteiger partial charge >= 0.3 is 0 Å². The van der Waals surface area contributed by atoms with Crippen molar-refractivity contribution in [2.75, 3.05) is 10.5 Å². The van der Waals surface area contributed by atoms with E-state index in [0.29, 0.717) is 0 Å². The number of hydrogen-bond acceptors (Lipinski definition) is 6. The third-order valence-corrected chi connectivity index (χ3v) is 4.20. The smallest absolute Gasteiger partial charge is 0.266 e. The third kappa shape index (κ3) is 2.52. The fourth-order valence-corrected chi connectivity index (χ4v) is 3.29. The van der Waals surface area contributed by atoms with Crippen molar-refractivity contribution in [3.8, 4) is 0 Å². The van der Waals surface area contributed by atoms with Gasteiger partial charge in [-0.3, -0.25) is 4.72 Å². The number of anilines is 2. The number of nitrogens with zero attached hydrogens (tertiary/aromatic N) is 2. The molecular weight excluding hydrogens is 303 g/mol. The maximum absolute atomic E-state index is 13.7. The molecule has 1 aromatic heterocycles. The molecule has 0 saturated heterocycles. The van der Waals surface area contributed by atoms with Crippen LogP contribution in [0.2, 0.25) is 5.02 Å². The van der Waals surface area contributed by atoms with Crippen LogP contribution in [0.15, 0.2) is 22.5 Å². The van der Waals surface area contributed by atoms with Crippen molar-refractivity contribution in [3.63, 3.8) is 0 Å². The summed E-state index contributed by atoms with van der Waals surface area (Å²) in [6.07, 6.45) is 0. The number of nitrogen functional groups attached to an aromatic ring is 1. The molecule has 0 fully saturated rings. The van der Waals surface area contributed by atoms with Gasteiger partial charge in [-0.15, -0.1) is 10.2 Å². The van der Waals surface area contributed by atoms with Crippen LogP contribution in [0.5, 0.6) is 0 Å². The Morgan fingerprint density at radius 2 is 2.17 bits per heavy atom. The minimum absolute atomic E-state index is 0.0199. The lowest BCUT2D eigenvalue weighted by Gasteiger charge is -2.08. The van der Waals surface area contributed by atoms with E-state index in [0.717, 1.165) is 23.5 Å². The molecule has 0 unspecified atom stereocenters. The summed E-state index contributed by atoms with van der Waals surface area (Å²) < 4.78 is 39.5. The first-order chi connectivity index (χ1) is 8.40. The zero-order valence-corrected chi connectivity index (χ0v) is 11.0. The van der Waals surface area contributed by atoms with Crippen LogP contribution in [0.1, 0.15) is 0 Å². The van der Waals surface area contributed by atoms with Crippen molar-refractivity contribution >= 4 is 43.8 Å². The molecule has 0 aliphatic carbocycles. The first-order valence-electron chi connectivity index (χ1n) is 4.43. The van der Waals surface area contributed by atoms with Gasteiger partial charge in [0.2, 0.25) is 5.13 Å². The van der Waals surface area contributed by atoms with Gasteiger partial charge in [0.05, 0.1) is 5.69 Å². The summed E-state index contributed by atoms with van der Waals surface area (Å²) in [4.78, 5) is -0.636. The molecule has 2 aromatic rings. The van der Waals surface area contributed by atoms with E-state index < -0.39 is 20.7 Å². The topological polar surface area (TPSA) is 98.0 Å². The lowest BCUT2D eigenvalue weighted by molar-refractivity contribution is 0.573. The molecule has 1 aromatic carbocycles. The highest BCUT2D eigenvalue weighted by atomic mass is 35.5. The summed E-state index contributed by atoms with van der Waals surface area (Å²) in [5.74, 6) is -1.06. The number of hydrogen-bond donors (Lipinski definition) is 2. The first-order valence-corrected chi connectivity index (χ1v) is 7.18. The van der Waals surface area contributed by atoms with E-state index in [2.05, 4.69) is 14.9 Å². The van der Waals surface area contributed by atoms with E-state index in [1.807, 2.05) is 0 Å². The van der Waals surface area contributed by atoms with Crippen molar-refractivity contribution in [1.29, 1.82) is 0 Å². The molecule has 0 aliphatic rings. The van der Waals surface area contributed by atoms with Gasteiger partial charge in [0.1, 0.15) is 10.4 Å². The quantitative estimate of drug-likeness (QED) is 0.841. The van der Waals surface area contributed by atoms with Crippen LogP contribution in [0.3, 0.4) is 0 Å². The molecule has 0 aliphatic heterocycles. The highest BCUT2D eigenvalue weighted by Crippen LogP contribution is 2.26. The Morgan fingerprint density at radius 1 is 1.44 bits per heavy atom. The maximum Gasteiger partial charge on any atom is 0.266 e. The second-order valence-corrected chi connectivity index (χ2v) is 6.08. The molecule has 0 spiro atoms. The summed E-state index contributed by atoms with van der Waals surface area (Å²) in [6, 6.07) is 2.09. The highest BCUT2D eigenvalue weighted by Gasteiger charge is 2.22. The van der Waals surface area contributed by atoms with Crippen molar-refractivity contribution in [1.82, 2.24) is 10.2 Å². The Balaban J connectivity index is 2.48. The molecule has 0 atom stereocenters. The largest absolute Gasteiger partial charge is 0.396 e. The van der Waals surface area contributed by atoms with E-state index in [1.165, 1.54) is 5.51 Å². The predicted molar refractivity (Wildman–Crippen MR) is 66.5 cm³/mol. The second-order valence-electron chi connectivity index (χ2n) is 3.16. The molecule has 0 radical (unpaired) electrons. The number of rotatable bonds is 3. The minimum atomic E-state index is -4.14. The van der Waals surface area contributed by atoms with Gasteiger partial charge in [0.15, 0.2) is 5.82 Å². The summed E-state index contributed by atoms with van der Waals surface area (Å²) >= 11 is 6.61. The van der Waals surface area contributed by atoms with Crippen LogP contribution in [0, 0.1) is 5.82 Å². The monoisotopic (exact) mass is 308 g/mol. The minimum Gasteiger partial charge on any atom is -0.396 e. The lowest BCUT2D eigenvalue weighted by atomic mass is 10.3. The average molecular weight is 309 g/mol. The first kappa shape index (κ1) is 13.0. The molecule has 96 valence electrons. The maximum atomic E-state index is 13.7. The summed E-state index contributed by atoms with van der Waals surface area (Å²) in [7, 11) is -4.14. The molecule has 0 saturated carbocycles. The summed E-state index contributed by atoms with van der Waals surface area (Å²) in [6.45, 7) is 0. The SMILES string of the molecule is Nc1cc(Cl)cc(S(=O)(=O)Nc2nncs2)c1F. The highest BCUT2D eigenvalue weighted by molar-refractivity contribution is 7.93. The Kier molecular flexibility index (Phi) is 3.37. The van der Waals surface area contributed by atoms with Gasteiger partial charge in [-0.05, 0) is 12.1 Å². The van der Waals surface area contributed by atoms with E-state index in [9.17, 15) is 12.8 Å². The van der Waals surface area contributed by atoms with Crippen LogP contribution >= 0.6 is 22.9 Å². The molecule has 3 N–H and O–H groups in total. The van der Waals surface area contributed by atoms with Crippen molar-refractivity contribution < 1.29 is 12.8 Å². The standard InChI is InChI=1S/C8H6ClFN4O2S2/c9-4-1-5(11)7(10)6(2-4)18(15,16)14-8-13-12-3-17-8/h1-3H,11H2,(H,13,14). The number of aromatic nitrogens is 2. The van der Waals surface area contributed by atoms with Gasteiger partial charge in [0, 0.05) is 5.02 Å². The van der Waals surface area contributed by atoms with Gasteiger partial charge in [-0.2, -0.15) is 0 Å². The van der Waals surface area contributed by atoms with Crippen molar-refractivity contribution in [3.05, 3.63) is 28.5 Å². The van der Waals surface area contributed by atoms with E-state index in [1.54, 1.807) is 0 Å². The fraction of sp³-hybridized carbons (Fsp3) is 0. The molecule has 0 amide bonds. The molecule has 2 rings (SSSR count). The van der Waals surface area contributed by atoms with Crippen molar-refractivity contribution in [2.45, 2.75) is 4.90 Å². The molecule has 18 heavy (non-hydrogen) atoms. The average Bonchev–Trinajstić information content (AvgIpc) is 2.75. The lowest BCUT2D eigenvalue weighted by Crippen LogP contribution is -2.15. The van der Waals surface area contributed by atoms with Crippen molar-refractivity contribution in [2.24, 2.45) is 0 Å². The second kappa shape index (κ2) is 4.67. The third-order valence-electron chi connectivity index (χ3n) is 1.90. The van der Waals surface area contributed by atoms with Gasteiger partial charge in [-0.25, -0.2) is 12.8 Å². The molecule has 0 bridgehead atoms.